The van der Waals surface area contributed by atoms with Crippen molar-refractivity contribution < 1.29 is 4.79 Å². The van der Waals surface area contributed by atoms with Gasteiger partial charge in [0.05, 0.1) is 0 Å². The number of rotatable bonds is 4. The van der Waals surface area contributed by atoms with E-state index < -0.39 is 0 Å². The van der Waals surface area contributed by atoms with Crippen molar-refractivity contribution in [2.75, 3.05) is 19.0 Å². The number of Topliss-reactive ketones (excluding diaryl/α,β-unsaturated/α-hetero) is 1. The number of nitrogens with zero attached hydrogens (tertiary/aromatic N) is 1. The van der Waals surface area contributed by atoms with Crippen LogP contribution in [0.4, 0.5) is 5.69 Å². The van der Waals surface area contributed by atoms with E-state index in [-0.39, 0.29) is 5.78 Å². The fourth-order valence-electron chi connectivity index (χ4n) is 3.46. The minimum atomic E-state index is 0.0579. The maximum absolute atomic E-state index is 13.3. The molecule has 2 heteroatoms. The van der Waals surface area contributed by atoms with Gasteiger partial charge in [0, 0.05) is 30.9 Å². The van der Waals surface area contributed by atoms with Gasteiger partial charge in [0.25, 0.3) is 0 Å². The second-order valence-corrected chi connectivity index (χ2v) is 7.31. The van der Waals surface area contributed by atoms with E-state index in [2.05, 4.69) is 35.2 Å². The van der Waals surface area contributed by atoms with Crippen LogP contribution in [0.3, 0.4) is 0 Å². The van der Waals surface area contributed by atoms with Gasteiger partial charge in [-0.2, -0.15) is 0 Å². The molecule has 142 valence electrons. The molecule has 0 N–H and O–H groups in total. The summed E-state index contributed by atoms with van der Waals surface area (Å²) in [5.74, 6) is 0.0579. The van der Waals surface area contributed by atoms with Gasteiger partial charge in [-0.05, 0) is 52.6 Å². The van der Waals surface area contributed by atoms with Gasteiger partial charge in [-0.15, -0.1) is 0 Å². The van der Waals surface area contributed by atoms with Gasteiger partial charge in [0.2, 0.25) is 0 Å². The van der Waals surface area contributed by atoms with E-state index in [1.165, 1.54) is 0 Å². The molecule has 4 rings (SSSR count). The zero-order valence-electron chi connectivity index (χ0n) is 16.7. The number of allylic oxidation sites excluding steroid dienone is 5. The van der Waals surface area contributed by atoms with Gasteiger partial charge in [0.1, 0.15) is 0 Å². The molecule has 1 aliphatic rings. The van der Waals surface area contributed by atoms with E-state index in [1.54, 1.807) is 0 Å². The average Bonchev–Trinajstić information content (AvgIpc) is 2.76. The second kappa shape index (κ2) is 8.15. The predicted molar refractivity (Wildman–Crippen MR) is 123 cm³/mol. The van der Waals surface area contributed by atoms with Gasteiger partial charge in [-0.3, -0.25) is 4.79 Å². The van der Waals surface area contributed by atoms with Crippen molar-refractivity contribution in [2.24, 2.45) is 0 Å². The third-order valence-electron chi connectivity index (χ3n) is 5.02. The summed E-state index contributed by atoms with van der Waals surface area (Å²) in [5.41, 5.74) is 6.60. The van der Waals surface area contributed by atoms with E-state index in [4.69, 9.17) is 0 Å². The highest BCUT2D eigenvalue weighted by Crippen LogP contribution is 2.32. The number of ketones is 1. The van der Waals surface area contributed by atoms with Crippen LogP contribution in [0, 0.1) is 0 Å². The monoisotopic (exact) mass is 377 g/mol. The Labute approximate surface area is 172 Å². The van der Waals surface area contributed by atoms with Gasteiger partial charge in [-0.25, -0.2) is 0 Å². The molecule has 0 aromatic heterocycles. The van der Waals surface area contributed by atoms with Crippen LogP contribution in [-0.2, 0) is 4.79 Å². The SMILES string of the molecule is CN(C)c1ccc(C=C2C=C(c3ccccc3)C(=O)C(c3ccccc3)=C2)cc1. The lowest BCUT2D eigenvalue weighted by atomic mass is 9.85. The fraction of sp³-hybridized carbons (Fsp3) is 0.0741. The molecule has 0 heterocycles. The van der Waals surface area contributed by atoms with Crippen LogP contribution in [0.1, 0.15) is 16.7 Å². The summed E-state index contributed by atoms with van der Waals surface area (Å²) in [6.45, 7) is 0. The standard InChI is InChI=1S/C27H23NO/c1-28(2)24-15-13-20(14-16-24)17-21-18-25(22-9-5-3-6-10-22)27(29)26(19-21)23-11-7-4-8-12-23/h3-19H,1-2H3. The molecule has 0 saturated carbocycles. The van der Waals surface area contributed by atoms with Crippen LogP contribution in [0.15, 0.2) is 103 Å². The lowest BCUT2D eigenvalue weighted by Crippen LogP contribution is -2.09. The Morgan fingerprint density at radius 2 is 1.14 bits per heavy atom. The van der Waals surface area contributed by atoms with Crippen LogP contribution in [0.5, 0.6) is 0 Å². The van der Waals surface area contributed by atoms with E-state index in [1.807, 2.05) is 86.9 Å². The molecule has 0 saturated heterocycles. The first-order chi connectivity index (χ1) is 14.1. The number of carbonyl (C=O) groups excluding carboxylic acids is 1. The van der Waals surface area contributed by atoms with Gasteiger partial charge >= 0.3 is 0 Å². The Bertz CT molecular complexity index is 1040. The number of carbonyl (C=O) groups is 1. The normalized spacial score (nSPS) is 13.6. The van der Waals surface area contributed by atoms with Crippen molar-refractivity contribution in [3.63, 3.8) is 0 Å². The van der Waals surface area contributed by atoms with Crippen LogP contribution in [0.2, 0.25) is 0 Å². The lowest BCUT2D eigenvalue weighted by Gasteiger charge is -2.17. The first-order valence-corrected chi connectivity index (χ1v) is 9.70. The molecule has 2 nitrogen and oxygen atoms in total. The minimum Gasteiger partial charge on any atom is -0.378 e. The molecule has 29 heavy (non-hydrogen) atoms. The van der Waals surface area contributed by atoms with Crippen LogP contribution in [-0.4, -0.2) is 19.9 Å². The molecule has 1 aliphatic carbocycles. The maximum Gasteiger partial charge on any atom is 0.194 e. The molecule has 0 fully saturated rings. The summed E-state index contributed by atoms with van der Waals surface area (Å²) in [4.78, 5) is 15.4. The molecule has 0 atom stereocenters. The molecule has 0 amide bonds. The van der Waals surface area contributed by atoms with E-state index in [0.29, 0.717) is 0 Å². The summed E-state index contributed by atoms with van der Waals surface area (Å²) in [6.07, 6.45) is 6.10. The summed E-state index contributed by atoms with van der Waals surface area (Å²) < 4.78 is 0. The molecule has 0 unspecified atom stereocenters. The van der Waals surface area contributed by atoms with Crippen molar-refractivity contribution in [3.8, 4) is 0 Å². The van der Waals surface area contributed by atoms with Crippen molar-refractivity contribution >= 4 is 28.7 Å². The first kappa shape index (κ1) is 18.7. The molecular weight excluding hydrogens is 354 g/mol. The minimum absolute atomic E-state index is 0.0579. The van der Waals surface area contributed by atoms with Crippen molar-refractivity contribution in [3.05, 3.63) is 119 Å². The van der Waals surface area contributed by atoms with E-state index in [9.17, 15) is 4.79 Å². The molecular formula is C27H23NO. The van der Waals surface area contributed by atoms with Crippen LogP contribution < -0.4 is 4.90 Å². The largest absolute Gasteiger partial charge is 0.378 e. The Kier molecular flexibility index (Phi) is 5.26. The Balaban J connectivity index is 1.80. The molecule has 0 aliphatic heterocycles. The molecule has 3 aromatic carbocycles. The van der Waals surface area contributed by atoms with Gasteiger partial charge in [-0.1, -0.05) is 72.8 Å². The quantitative estimate of drug-likeness (QED) is 0.565. The summed E-state index contributed by atoms with van der Waals surface area (Å²) in [5, 5.41) is 0. The molecule has 3 aromatic rings. The number of benzene rings is 3. The van der Waals surface area contributed by atoms with E-state index >= 15 is 0 Å². The lowest BCUT2D eigenvalue weighted by molar-refractivity contribution is -0.108. The predicted octanol–water partition coefficient (Wildman–Crippen LogP) is 5.89. The highest BCUT2D eigenvalue weighted by molar-refractivity contribution is 6.44. The van der Waals surface area contributed by atoms with Crippen molar-refractivity contribution in [2.45, 2.75) is 0 Å². The van der Waals surface area contributed by atoms with E-state index in [0.717, 1.165) is 39.1 Å². The average molecular weight is 377 g/mol. The summed E-state index contributed by atoms with van der Waals surface area (Å²) >= 11 is 0. The van der Waals surface area contributed by atoms with Crippen LogP contribution >= 0.6 is 0 Å². The fourth-order valence-corrected chi connectivity index (χ4v) is 3.46. The zero-order chi connectivity index (χ0) is 20.2. The number of anilines is 1. The molecule has 0 radical (unpaired) electrons. The maximum atomic E-state index is 13.3. The van der Waals surface area contributed by atoms with Gasteiger partial charge < -0.3 is 4.90 Å². The molecule has 0 spiro atoms. The van der Waals surface area contributed by atoms with Crippen LogP contribution in [0.25, 0.3) is 17.2 Å². The Morgan fingerprint density at radius 1 is 0.655 bits per heavy atom. The third-order valence-corrected chi connectivity index (χ3v) is 5.02. The summed E-state index contributed by atoms with van der Waals surface area (Å²) in [6, 6.07) is 28.2. The Hall–Kier alpha value is -3.65. The highest BCUT2D eigenvalue weighted by Gasteiger charge is 2.22. The Morgan fingerprint density at radius 3 is 1.59 bits per heavy atom. The smallest absolute Gasteiger partial charge is 0.194 e. The highest BCUT2D eigenvalue weighted by atomic mass is 16.1. The number of hydrogen-bond donors (Lipinski definition) is 0. The van der Waals surface area contributed by atoms with Crippen molar-refractivity contribution in [1.29, 1.82) is 0 Å². The zero-order valence-corrected chi connectivity index (χ0v) is 16.7. The third kappa shape index (κ3) is 4.12. The van der Waals surface area contributed by atoms with Crippen molar-refractivity contribution in [1.82, 2.24) is 0 Å². The first-order valence-electron chi connectivity index (χ1n) is 9.70. The second-order valence-electron chi connectivity index (χ2n) is 7.31. The topological polar surface area (TPSA) is 20.3 Å². The molecule has 0 bridgehead atoms. The summed E-state index contributed by atoms with van der Waals surface area (Å²) in [7, 11) is 4.06. The van der Waals surface area contributed by atoms with Gasteiger partial charge in [0.15, 0.2) is 5.78 Å². The number of hydrogen-bond acceptors (Lipinski definition) is 2.